The smallest absolute Gasteiger partial charge is 0.342 e. The van der Waals surface area contributed by atoms with Gasteiger partial charge in [-0.05, 0) is 19.1 Å². The lowest BCUT2D eigenvalue weighted by Gasteiger charge is -2.27. The Morgan fingerprint density at radius 3 is 2.53 bits per heavy atom. The molecule has 0 spiro atoms. The summed E-state index contributed by atoms with van der Waals surface area (Å²) in [5, 5.41) is 28.6. The van der Waals surface area contributed by atoms with Crippen molar-refractivity contribution in [1.82, 2.24) is 0 Å². The first-order valence-electron chi connectivity index (χ1n) is 4.46. The normalized spacial score (nSPS) is 24.5. The number of hydrogen-bond acceptors (Lipinski definition) is 5. The number of hydrogen-bond donors (Lipinski definition) is 3. The van der Waals surface area contributed by atoms with Gasteiger partial charge in [-0.3, -0.25) is 0 Å². The molecular weight excluding hydrogens is 200 g/mol. The number of carbonyl (C=O) groups is 1. The minimum Gasteiger partial charge on any atom is -0.508 e. The average molecular weight is 210 g/mol. The van der Waals surface area contributed by atoms with Crippen molar-refractivity contribution in [3.05, 3.63) is 23.3 Å². The number of aromatic hydroxyl groups is 2. The van der Waals surface area contributed by atoms with E-state index < -0.39 is 18.2 Å². The van der Waals surface area contributed by atoms with E-state index in [1.165, 1.54) is 19.1 Å². The summed E-state index contributed by atoms with van der Waals surface area (Å²) in [7, 11) is 0. The monoisotopic (exact) mass is 210 g/mol. The van der Waals surface area contributed by atoms with E-state index in [0.717, 1.165) is 0 Å². The minimum absolute atomic E-state index is 0.0266. The lowest BCUT2D eigenvalue weighted by Crippen LogP contribution is -2.30. The van der Waals surface area contributed by atoms with Crippen molar-refractivity contribution in [3.63, 3.8) is 0 Å². The fourth-order valence-electron chi connectivity index (χ4n) is 1.64. The standard InChI is InChI=1S/C10H10O5/c1-4-9(13)7-5(11)2-3-6(12)8(7)10(14)15-4/h2-4,9,11-13H,1H3/t4-,9+/m1/s1. The molecule has 0 saturated heterocycles. The Hall–Kier alpha value is -1.75. The van der Waals surface area contributed by atoms with Crippen LogP contribution in [0.25, 0.3) is 0 Å². The summed E-state index contributed by atoms with van der Waals surface area (Å²) in [5.41, 5.74) is -0.139. The second-order valence-corrected chi connectivity index (χ2v) is 3.45. The summed E-state index contributed by atoms with van der Waals surface area (Å²) < 4.78 is 4.80. The number of carbonyl (C=O) groups excluding carboxylic acids is 1. The average Bonchev–Trinajstić information content (AvgIpc) is 2.18. The number of cyclic esters (lactones) is 1. The Kier molecular flexibility index (Phi) is 2.04. The van der Waals surface area contributed by atoms with Crippen LogP contribution in [-0.4, -0.2) is 27.4 Å². The van der Waals surface area contributed by atoms with E-state index in [4.69, 9.17) is 4.74 Å². The molecule has 1 heterocycles. The van der Waals surface area contributed by atoms with Gasteiger partial charge in [0, 0.05) is 5.56 Å². The van der Waals surface area contributed by atoms with Gasteiger partial charge in [-0.2, -0.15) is 0 Å². The van der Waals surface area contributed by atoms with Crippen LogP contribution < -0.4 is 0 Å². The van der Waals surface area contributed by atoms with E-state index in [1.54, 1.807) is 0 Å². The van der Waals surface area contributed by atoms with E-state index in [2.05, 4.69) is 0 Å². The van der Waals surface area contributed by atoms with Crippen molar-refractivity contribution in [3.8, 4) is 11.5 Å². The van der Waals surface area contributed by atoms with Crippen LogP contribution in [-0.2, 0) is 4.74 Å². The quantitative estimate of drug-likeness (QED) is 0.433. The molecule has 0 saturated carbocycles. The fourth-order valence-corrected chi connectivity index (χ4v) is 1.64. The molecule has 5 nitrogen and oxygen atoms in total. The zero-order chi connectivity index (χ0) is 11.2. The number of benzene rings is 1. The number of fused-ring (bicyclic) bond motifs is 1. The molecular formula is C10H10O5. The van der Waals surface area contributed by atoms with Gasteiger partial charge in [0.15, 0.2) is 0 Å². The fraction of sp³-hybridized carbons (Fsp3) is 0.300. The molecule has 0 aliphatic carbocycles. The maximum atomic E-state index is 11.4. The number of phenols is 2. The molecule has 0 unspecified atom stereocenters. The molecule has 2 rings (SSSR count). The maximum absolute atomic E-state index is 11.4. The lowest BCUT2D eigenvalue weighted by atomic mass is 9.94. The van der Waals surface area contributed by atoms with Crippen LogP contribution in [0, 0.1) is 0 Å². The van der Waals surface area contributed by atoms with Crippen molar-refractivity contribution in [1.29, 1.82) is 0 Å². The van der Waals surface area contributed by atoms with Crippen molar-refractivity contribution >= 4 is 5.97 Å². The number of rotatable bonds is 0. The van der Waals surface area contributed by atoms with E-state index in [1.807, 2.05) is 0 Å². The summed E-state index contributed by atoms with van der Waals surface area (Å²) in [6.07, 6.45) is -1.86. The van der Waals surface area contributed by atoms with E-state index in [0.29, 0.717) is 0 Å². The molecule has 5 heteroatoms. The molecule has 1 aliphatic heterocycles. The Bertz CT molecular complexity index is 426. The lowest BCUT2D eigenvalue weighted by molar-refractivity contribution is -0.0225. The van der Waals surface area contributed by atoms with Gasteiger partial charge in [0.1, 0.15) is 29.3 Å². The third-order valence-corrected chi connectivity index (χ3v) is 2.44. The minimum atomic E-state index is -1.12. The van der Waals surface area contributed by atoms with Gasteiger partial charge in [-0.25, -0.2) is 4.79 Å². The van der Waals surface area contributed by atoms with Gasteiger partial charge in [-0.15, -0.1) is 0 Å². The van der Waals surface area contributed by atoms with Crippen LogP contribution in [0.5, 0.6) is 11.5 Å². The Morgan fingerprint density at radius 2 is 1.87 bits per heavy atom. The number of ether oxygens (including phenoxy) is 1. The molecule has 80 valence electrons. The number of aliphatic hydroxyl groups excluding tert-OH is 1. The van der Waals surface area contributed by atoms with E-state index in [9.17, 15) is 20.1 Å². The first kappa shape index (κ1) is 9.79. The summed E-state index contributed by atoms with van der Waals surface area (Å²) in [6, 6.07) is 2.40. The number of phenolic OH excluding ortho intramolecular Hbond substituents is 2. The van der Waals surface area contributed by atoms with E-state index >= 15 is 0 Å². The van der Waals surface area contributed by atoms with Crippen molar-refractivity contribution in [2.75, 3.05) is 0 Å². The van der Waals surface area contributed by atoms with Crippen LogP contribution >= 0.6 is 0 Å². The Balaban J connectivity index is 2.70. The molecule has 0 radical (unpaired) electrons. The molecule has 15 heavy (non-hydrogen) atoms. The van der Waals surface area contributed by atoms with Gasteiger partial charge in [0.05, 0.1) is 0 Å². The SMILES string of the molecule is C[C@H]1OC(=O)c2c(O)ccc(O)c2[C@H]1O. The summed E-state index contributed by atoms with van der Waals surface area (Å²) >= 11 is 0. The predicted octanol–water partition coefficient (Wildman–Crippen LogP) is 0.690. The number of aliphatic hydroxyl groups is 1. The van der Waals surface area contributed by atoms with Crippen molar-refractivity contribution in [2.45, 2.75) is 19.1 Å². The number of esters is 1. The molecule has 0 aromatic heterocycles. The topological polar surface area (TPSA) is 87.0 Å². The molecule has 3 N–H and O–H groups in total. The van der Waals surface area contributed by atoms with E-state index in [-0.39, 0.29) is 22.6 Å². The molecule has 0 amide bonds. The Labute approximate surface area is 85.5 Å². The van der Waals surface area contributed by atoms with Crippen LogP contribution in [0.15, 0.2) is 12.1 Å². The third-order valence-electron chi connectivity index (χ3n) is 2.44. The molecule has 1 aromatic rings. The van der Waals surface area contributed by atoms with Crippen LogP contribution in [0.2, 0.25) is 0 Å². The highest BCUT2D eigenvalue weighted by molar-refractivity contribution is 5.96. The van der Waals surface area contributed by atoms with Crippen molar-refractivity contribution in [2.24, 2.45) is 0 Å². The Morgan fingerprint density at radius 1 is 1.27 bits per heavy atom. The molecule has 1 aliphatic rings. The predicted molar refractivity (Wildman–Crippen MR) is 49.6 cm³/mol. The zero-order valence-electron chi connectivity index (χ0n) is 7.97. The highest BCUT2D eigenvalue weighted by Crippen LogP contribution is 2.39. The second-order valence-electron chi connectivity index (χ2n) is 3.45. The van der Waals surface area contributed by atoms with Gasteiger partial charge in [0.25, 0.3) is 0 Å². The van der Waals surface area contributed by atoms with Gasteiger partial charge in [-0.1, -0.05) is 0 Å². The highest BCUT2D eigenvalue weighted by atomic mass is 16.6. The first-order valence-corrected chi connectivity index (χ1v) is 4.46. The summed E-state index contributed by atoms with van der Waals surface area (Å²) in [4.78, 5) is 11.4. The van der Waals surface area contributed by atoms with Crippen molar-refractivity contribution < 1.29 is 24.9 Å². The molecule has 1 aromatic carbocycles. The van der Waals surface area contributed by atoms with Gasteiger partial charge in [0.2, 0.25) is 0 Å². The molecule has 0 bridgehead atoms. The van der Waals surface area contributed by atoms with Crippen LogP contribution in [0.1, 0.15) is 28.9 Å². The van der Waals surface area contributed by atoms with Gasteiger partial charge < -0.3 is 20.1 Å². The van der Waals surface area contributed by atoms with Crippen LogP contribution in [0.3, 0.4) is 0 Å². The summed E-state index contributed by atoms with van der Waals surface area (Å²) in [5.74, 6) is -1.27. The third kappa shape index (κ3) is 1.32. The summed E-state index contributed by atoms with van der Waals surface area (Å²) in [6.45, 7) is 1.51. The maximum Gasteiger partial charge on any atom is 0.342 e. The van der Waals surface area contributed by atoms with Gasteiger partial charge >= 0.3 is 5.97 Å². The molecule has 0 fully saturated rings. The largest absolute Gasteiger partial charge is 0.508 e. The molecule has 2 atom stereocenters. The highest BCUT2D eigenvalue weighted by Gasteiger charge is 2.36. The second kappa shape index (κ2) is 3.13. The first-order chi connectivity index (χ1) is 7.02. The zero-order valence-corrected chi connectivity index (χ0v) is 7.97. The van der Waals surface area contributed by atoms with Crippen LogP contribution in [0.4, 0.5) is 0 Å².